The highest BCUT2D eigenvalue weighted by Crippen LogP contribution is 2.25. The van der Waals surface area contributed by atoms with E-state index >= 15 is 0 Å². The van der Waals surface area contributed by atoms with Crippen molar-refractivity contribution in [2.24, 2.45) is 5.73 Å². The second-order valence-electron chi connectivity index (χ2n) is 4.42. The number of aliphatic hydroxyl groups excluding tert-OH is 2. The number of hydrogen-bond donors (Lipinski definition) is 3. The minimum absolute atomic E-state index is 0.188. The summed E-state index contributed by atoms with van der Waals surface area (Å²) < 4.78 is 1.59. The molecule has 0 radical (unpaired) electrons. The van der Waals surface area contributed by atoms with Gasteiger partial charge in [-0.1, -0.05) is 29.5 Å². The Balaban J connectivity index is 2.48. The van der Waals surface area contributed by atoms with Crippen LogP contribution in [0.2, 0.25) is 0 Å². The van der Waals surface area contributed by atoms with Crippen LogP contribution < -0.4 is 5.73 Å². The van der Waals surface area contributed by atoms with E-state index in [0.717, 1.165) is 16.8 Å². The third kappa shape index (κ3) is 2.81. The Morgan fingerprint density at radius 2 is 2.11 bits per heavy atom. The maximum absolute atomic E-state index is 9.56. The summed E-state index contributed by atoms with van der Waals surface area (Å²) >= 11 is 0. The molecule has 6 nitrogen and oxygen atoms in total. The van der Waals surface area contributed by atoms with Crippen molar-refractivity contribution in [1.82, 2.24) is 15.0 Å². The summed E-state index contributed by atoms with van der Waals surface area (Å²) in [6.45, 7) is 2.15. The lowest BCUT2D eigenvalue weighted by atomic mass is 10.0. The lowest BCUT2D eigenvalue weighted by Crippen LogP contribution is -2.21. The Morgan fingerprint density at radius 1 is 1.37 bits per heavy atom. The zero-order chi connectivity index (χ0) is 13.8. The van der Waals surface area contributed by atoms with Gasteiger partial charge >= 0.3 is 0 Å². The van der Waals surface area contributed by atoms with Crippen molar-refractivity contribution in [3.63, 3.8) is 0 Å². The average molecular weight is 262 g/mol. The summed E-state index contributed by atoms with van der Waals surface area (Å²) in [6.07, 6.45) is -0.866. The molecule has 0 bridgehead atoms. The Hall–Kier alpha value is -1.76. The van der Waals surface area contributed by atoms with Crippen molar-refractivity contribution in [3.8, 4) is 11.3 Å². The molecule has 0 amide bonds. The number of nitrogens with zero attached hydrogens (tertiary/aromatic N) is 3. The van der Waals surface area contributed by atoms with Crippen LogP contribution in [0.15, 0.2) is 24.3 Å². The van der Waals surface area contributed by atoms with Gasteiger partial charge in [-0.25, -0.2) is 4.68 Å². The molecule has 0 spiro atoms. The molecule has 1 heterocycles. The number of hydrogen-bond acceptors (Lipinski definition) is 5. The van der Waals surface area contributed by atoms with E-state index in [-0.39, 0.29) is 19.7 Å². The molecule has 0 fully saturated rings. The maximum Gasteiger partial charge on any atom is 0.104 e. The lowest BCUT2D eigenvalue weighted by molar-refractivity contribution is 0.0782. The molecule has 1 atom stereocenters. The second kappa shape index (κ2) is 5.92. The van der Waals surface area contributed by atoms with E-state index in [0.29, 0.717) is 5.69 Å². The molecule has 0 aliphatic carbocycles. The first-order valence-corrected chi connectivity index (χ1v) is 6.14. The van der Waals surface area contributed by atoms with Crippen LogP contribution in [-0.2, 0) is 13.1 Å². The number of nitrogens with two attached hydrogens (primary N) is 1. The molecule has 0 saturated heterocycles. The number of aryl methyl sites for hydroxylation is 1. The summed E-state index contributed by atoms with van der Waals surface area (Å²) in [6, 6.07) is 7.85. The van der Waals surface area contributed by atoms with Crippen LogP contribution in [0.3, 0.4) is 0 Å². The van der Waals surface area contributed by atoms with E-state index in [2.05, 4.69) is 10.3 Å². The van der Waals surface area contributed by atoms with Crippen molar-refractivity contribution in [2.45, 2.75) is 26.1 Å². The van der Waals surface area contributed by atoms with Crippen LogP contribution in [0.5, 0.6) is 0 Å². The number of aromatic nitrogens is 3. The zero-order valence-corrected chi connectivity index (χ0v) is 10.8. The fourth-order valence-electron chi connectivity index (χ4n) is 2.00. The van der Waals surface area contributed by atoms with Crippen molar-refractivity contribution in [3.05, 3.63) is 35.5 Å². The van der Waals surface area contributed by atoms with E-state index < -0.39 is 6.10 Å². The Bertz CT molecular complexity index is 553. The molecule has 102 valence electrons. The van der Waals surface area contributed by atoms with Gasteiger partial charge in [-0.15, -0.1) is 5.10 Å². The molecular formula is C13H18N4O2. The van der Waals surface area contributed by atoms with Gasteiger partial charge in [0.15, 0.2) is 0 Å². The molecule has 4 N–H and O–H groups in total. The largest absolute Gasteiger partial charge is 0.394 e. The molecule has 1 aromatic heterocycles. The number of benzene rings is 1. The fourth-order valence-corrected chi connectivity index (χ4v) is 2.00. The first-order valence-electron chi connectivity index (χ1n) is 6.14. The summed E-state index contributed by atoms with van der Waals surface area (Å²) in [5, 5.41) is 26.5. The molecule has 0 aliphatic rings. The smallest absolute Gasteiger partial charge is 0.104 e. The quantitative estimate of drug-likeness (QED) is 0.708. The minimum atomic E-state index is -0.866. The van der Waals surface area contributed by atoms with Gasteiger partial charge in [-0.05, 0) is 12.5 Å². The van der Waals surface area contributed by atoms with E-state index in [4.69, 9.17) is 10.8 Å². The summed E-state index contributed by atoms with van der Waals surface area (Å²) in [7, 11) is 0. The van der Waals surface area contributed by atoms with Gasteiger partial charge in [0.2, 0.25) is 0 Å². The zero-order valence-electron chi connectivity index (χ0n) is 10.8. The molecule has 2 aromatic rings. The monoisotopic (exact) mass is 262 g/mol. The number of aliphatic hydroxyl groups is 2. The summed E-state index contributed by atoms with van der Waals surface area (Å²) in [5.41, 5.74) is 9.23. The average Bonchev–Trinajstić information content (AvgIpc) is 2.82. The van der Waals surface area contributed by atoms with Crippen LogP contribution in [0.4, 0.5) is 0 Å². The van der Waals surface area contributed by atoms with Gasteiger partial charge in [-0.3, -0.25) is 0 Å². The topological polar surface area (TPSA) is 97.2 Å². The highest BCUT2D eigenvalue weighted by Gasteiger charge is 2.17. The van der Waals surface area contributed by atoms with E-state index in [1.54, 1.807) is 4.68 Å². The molecule has 0 aliphatic heterocycles. The van der Waals surface area contributed by atoms with Crippen LogP contribution in [0.1, 0.15) is 11.3 Å². The second-order valence-corrected chi connectivity index (χ2v) is 4.42. The van der Waals surface area contributed by atoms with Crippen molar-refractivity contribution in [1.29, 1.82) is 0 Å². The molecule has 2 rings (SSSR count). The minimum Gasteiger partial charge on any atom is -0.394 e. The van der Waals surface area contributed by atoms with Crippen LogP contribution in [0.25, 0.3) is 11.3 Å². The maximum atomic E-state index is 9.56. The van der Waals surface area contributed by atoms with Gasteiger partial charge in [0.25, 0.3) is 0 Å². The van der Waals surface area contributed by atoms with Gasteiger partial charge < -0.3 is 15.9 Å². The van der Waals surface area contributed by atoms with Crippen LogP contribution >= 0.6 is 0 Å². The third-order valence-corrected chi connectivity index (χ3v) is 2.99. The summed E-state index contributed by atoms with van der Waals surface area (Å²) in [4.78, 5) is 0. The van der Waals surface area contributed by atoms with Gasteiger partial charge in [-0.2, -0.15) is 0 Å². The van der Waals surface area contributed by atoms with Crippen molar-refractivity contribution in [2.75, 3.05) is 6.61 Å². The predicted octanol–water partition coefficient (Wildman–Crippen LogP) is 0.0654. The van der Waals surface area contributed by atoms with Crippen molar-refractivity contribution >= 4 is 0 Å². The van der Waals surface area contributed by atoms with E-state index in [1.165, 1.54) is 0 Å². The molecule has 6 heteroatoms. The molecule has 0 saturated carbocycles. The van der Waals surface area contributed by atoms with Crippen LogP contribution in [0, 0.1) is 6.92 Å². The Labute approximate surface area is 111 Å². The van der Waals surface area contributed by atoms with E-state index in [1.807, 2.05) is 31.2 Å². The SMILES string of the molecule is Cc1ccccc1-c1c(CN)nnn1CC(O)CO. The van der Waals surface area contributed by atoms with Crippen LogP contribution in [-0.4, -0.2) is 37.9 Å². The van der Waals surface area contributed by atoms with Gasteiger partial charge in [0.1, 0.15) is 5.69 Å². The molecule has 19 heavy (non-hydrogen) atoms. The molecular weight excluding hydrogens is 244 g/mol. The molecule has 1 unspecified atom stereocenters. The van der Waals surface area contributed by atoms with Gasteiger partial charge in [0.05, 0.1) is 24.9 Å². The number of rotatable bonds is 5. The Kier molecular flexibility index (Phi) is 4.26. The van der Waals surface area contributed by atoms with Crippen molar-refractivity contribution < 1.29 is 10.2 Å². The standard InChI is InChI=1S/C13H18N4O2/c1-9-4-2-3-5-11(9)13-12(6-14)15-16-17(13)7-10(19)8-18/h2-5,10,18-19H,6-8,14H2,1H3. The first-order chi connectivity index (χ1) is 9.17. The lowest BCUT2D eigenvalue weighted by Gasteiger charge is -2.12. The summed E-state index contributed by atoms with van der Waals surface area (Å²) in [5.74, 6) is 0. The fraction of sp³-hybridized carbons (Fsp3) is 0.385. The predicted molar refractivity (Wildman–Crippen MR) is 71.2 cm³/mol. The highest BCUT2D eigenvalue weighted by atomic mass is 16.3. The third-order valence-electron chi connectivity index (χ3n) is 2.99. The molecule has 1 aromatic carbocycles. The van der Waals surface area contributed by atoms with E-state index in [9.17, 15) is 5.11 Å². The Morgan fingerprint density at radius 3 is 2.74 bits per heavy atom. The normalized spacial score (nSPS) is 12.6. The first kappa shape index (κ1) is 13.7. The van der Waals surface area contributed by atoms with Gasteiger partial charge in [0, 0.05) is 12.1 Å². The highest BCUT2D eigenvalue weighted by molar-refractivity contribution is 5.65.